The highest BCUT2D eigenvalue weighted by molar-refractivity contribution is 5.10. The number of hydrogen-bond donors (Lipinski definition) is 3. The highest BCUT2D eigenvalue weighted by Crippen LogP contribution is 2.16. The number of aliphatic hydroxyl groups is 3. The van der Waals surface area contributed by atoms with Gasteiger partial charge in [-0.3, -0.25) is 4.98 Å². The molecule has 0 saturated heterocycles. The molecule has 5 heteroatoms. The Hall–Kier alpha value is -1.04. The maximum atomic E-state index is 12.9. The second kappa shape index (κ2) is 4.27. The van der Waals surface area contributed by atoms with E-state index in [2.05, 4.69) is 4.98 Å². The van der Waals surface area contributed by atoms with Gasteiger partial charge in [-0.15, -0.1) is 0 Å². The summed E-state index contributed by atoms with van der Waals surface area (Å²) in [5.41, 5.74) is -0.260. The molecule has 0 aliphatic carbocycles. The predicted octanol–water partition coefficient (Wildman–Crippen LogP) is -0.393. The normalized spacial score (nSPS) is 15.4. The highest BCUT2D eigenvalue weighted by atomic mass is 19.1. The molecule has 0 aliphatic rings. The van der Waals surface area contributed by atoms with Gasteiger partial charge in [-0.1, -0.05) is 0 Å². The first-order valence-corrected chi connectivity index (χ1v) is 3.74. The van der Waals surface area contributed by atoms with Gasteiger partial charge in [-0.2, -0.15) is 0 Å². The summed E-state index contributed by atoms with van der Waals surface area (Å²) in [6.45, 7) is -0.642. The molecule has 72 valence electrons. The van der Waals surface area contributed by atoms with E-state index in [0.717, 1.165) is 6.07 Å². The average Bonchev–Trinajstić information content (AvgIpc) is 2.16. The van der Waals surface area contributed by atoms with Crippen molar-refractivity contribution in [1.29, 1.82) is 0 Å². The molecule has 3 N–H and O–H groups in total. The van der Waals surface area contributed by atoms with Gasteiger partial charge in [0.1, 0.15) is 23.7 Å². The first kappa shape index (κ1) is 10.0. The van der Waals surface area contributed by atoms with Gasteiger partial charge in [0, 0.05) is 6.20 Å². The summed E-state index contributed by atoms with van der Waals surface area (Å²) in [6, 6.07) is 2.49. The molecular formula is C8H10FNO3. The Labute approximate surface area is 74.3 Å². The van der Waals surface area contributed by atoms with E-state index < -0.39 is 24.6 Å². The minimum absolute atomic E-state index is 0.260. The SMILES string of the molecule is OCC(O)C(O)c1ncccc1F. The van der Waals surface area contributed by atoms with Crippen LogP contribution in [0.3, 0.4) is 0 Å². The van der Waals surface area contributed by atoms with E-state index in [4.69, 9.17) is 10.2 Å². The van der Waals surface area contributed by atoms with Crippen molar-refractivity contribution in [3.05, 3.63) is 29.8 Å². The van der Waals surface area contributed by atoms with Crippen LogP contribution in [-0.4, -0.2) is 33.0 Å². The van der Waals surface area contributed by atoms with Crippen LogP contribution in [-0.2, 0) is 0 Å². The topological polar surface area (TPSA) is 73.6 Å². The zero-order valence-electron chi connectivity index (χ0n) is 6.76. The lowest BCUT2D eigenvalue weighted by atomic mass is 10.1. The molecule has 0 aromatic carbocycles. The lowest BCUT2D eigenvalue weighted by molar-refractivity contribution is -0.0190. The van der Waals surface area contributed by atoms with Gasteiger partial charge in [0.2, 0.25) is 0 Å². The molecule has 0 aliphatic heterocycles. The summed E-state index contributed by atoms with van der Waals surface area (Å²) in [4.78, 5) is 3.55. The summed E-state index contributed by atoms with van der Waals surface area (Å²) in [6.07, 6.45) is -1.61. The molecular weight excluding hydrogens is 177 g/mol. The summed E-state index contributed by atoms with van der Waals surface area (Å²) >= 11 is 0. The minimum atomic E-state index is -1.49. The van der Waals surface area contributed by atoms with Gasteiger partial charge in [-0.05, 0) is 12.1 Å². The van der Waals surface area contributed by atoms with E-state index in [0.29, 0.717) is 0 Å². The molecule has 0 fully saturated rings. The smallest absolute Gasteiger partial charge is 0.147 e. The average molecular weight is 187 g/mol. The van der Waals surface area contributed by atoms with Crippen LogP contribution < -0.4 is 0 Å². The summed E-state index contributed by atoms with van der Waals surface area (Å²) < 4.78 is 12.9. The van der Waals surface area contributed by atoms with Crippen molar-refractivity contribution in [2.45, 2.75) is 12.2 Å². The number of aromatic nitrogens is 1. The third-order valence-corrected chi connectivity index (χ3v) is 1.62. The molecule has 0 bridgehead atoms. The van der Waals surface area contributed by atoms with Gasteiger partial charge >= 0.3 is 0 Å². The largest absolute Gasteiger partial charge is 0.394 e. The van der Waals surface area contributed by atoms with Crippen LogP contribution in [0.4, 0.5) is 4.39 Å². The van der Waals surface area contributed by atoms with Crippen molar-refractivity contribution in [2.24, 2.45) is 0 Å². The molecule has 4 nitrogen and oxygen atoms in total. The molecule has 1 aromatic heterocycles. The lowest BCUT2D eigenvalue weighted by Gasteiger charge is -2.14. The van der Waals surface area contributed by atoms with Crippen molar-refractivity contribution >= 4 is 0 Å². The van der Waals surface area contributed by atoms with Gasteiger partial charge in [0.05, 0.1) is 6.61 Å². The lowest BCUT2D eigenvalue weighted by Crippen LogP contribution is -2.23. The Morgan fingerprint density at radius 3 is 2.69 bits per heavy atom. The van der Waals surface area contributed by atoms with Gasteiger partial charge in [0.15, 0.2) is 0 Å². The third kappa shape index (κ3) is 2.21. The Morgan fingerprint density at radius 1 is 1.46 bits per heavy atom. The van der Waals surface area contributed by atoms with Crippen LogP contribution in [0.5, 0.6) is 0 Å². The number of nitrogens with zero attached hydrogens (tertiary/aromatic N) is 1. The molecule has 0 spiro atoms. The maximum Gasteiger partial charge on any atom is 0.147 e. The van der Waals surface area contributed by atoms with Crippen molar-refractivity contribution in [3.8, 4) is 0 Å². The first-order valence-electron chi connectivity index (χ1n) is 3.74. The van der Waals surface area contributed by atoms with Gasteiger partial charge in [-0.25, -0.2) is 4.39 Å². The Balaban J connectivity index is 2.88. The van der Waals surface area contributed by atoms with E-state index in [1.807, 2.05) is 0 Å². The zero-order valence-corrected chi connectivity index (χ0v) is 6.76. The number of pyridine rings is 1. The zero-order chi connectivity index (χ0) is 9.84. The second-order valence-electron chi connectivity index (χ2n) is 2.57. The fourth-order valence-corrected chi connectivity index (χ4v) is 0.898. The predicted molar refractivity (Wildman–Crippen MR) is 42.2 cm³/mol. The molecule has 1 heterocycles. The van der Waals surface area contributed by atoms with Crippen LogP contribution in [0.2, 0.25) is 0 Å². The van der Waals surface area contributed by atoms with Crippen molar-refractivity contribution in [1.82, 2.24) is 4.98 Å². The van der Waals surface area contributed by atoms with Crippen molar-refractivity contribution in [2.75, 3.05) is 6.61 Å². The molecule has 0 amide bonds. The quantitative estimate of drug-likeness (QED) is 0.602. The number of aliphatic hydroxyl groups excluding tert-OH is 3. The van der Waals surface area contributed by atoms with Crippen LogP contribution in [0.1, 0.15) is 11.8 Å². The molecule has 2 atom stereocenters. The molecule has 0 radical (unpaired) electrons. The molecule has 2 unspecified atom stereocenters. The van der Waals surface area contributed by atoms with Gasteiger partial charge in [0.25, 0.3) is 0 Å². The summed E-state index contributed by atoms with van der Waals surface area (Å²) in [5.74, 6) is -0.706. The molecule has 1 aromatic rings. The van der Waals surface area contributed by atoms with Crippen molar-refractivity contribution < 1.29 is 19.7 Å². The fraction of sp³-hybridized carbons (Fsp3) is 0.375. The summed E-state index contributed by atoms with van der Waals surface area (Å²) in [5, 5.41) is 26.8. The van der Waals surface area contributed by atoms with Crippen LogP contribution in [0.25, 0.3) is 0 Å². The number of halogens is 1. The molecule has 13 heavy (non-hydrogen) atoms. The summed E-state index contributed by atoms with van der Waals surface area (Å²) in [7, 11) is 0. The number of hydrogen-bond acceptors (Lipinski definition) is 4. The Kier molecular flexibility index (Phi) is 3.30. The van der Waals surface area contributed by atoms with Crippen molar-refractivity contribution in [3.63, 3.8) is 0 Å². The fourth-order valence-electron chi connectivity index (χ4n) is 0.898. The first-order chi connectivity index (χ1) is 6.16. The van der Waals surface area contributed by atoms with Crippen LogP contribution in [0.15, 0.2) is 18.3 Å². The maximum absolute atomic E-state index is 12.9. The third-order valence-electron chi connectivity index (χ3n) is 1.62. The van der Waals surface area contributed by atoms with Crippen LogP contribution in [0, 0.1) is 5.82 Å². The number of rotatable bonds is 3. The molecule has 0 saturated carbocycles. The molecule has 1 rings (SSSR count). The Morgan fingerprint density at radius 2 is 2.15 bits per heavy atom. The van der Waals surface area contributed by atoms with E-state index in [9.17, 15) is 9.50 Å². The Bertz CT molecular complexity index is 282. The van der Waals surface area contributed by atoms with E-state index in [-0.39, 0.29) is 5.69 Å². The van der Waals surface area contributed by atoms with E-state index in [1.54, 1.807) is 0 Å². The monoisotopic (exact) mass is 187 g/mol. The van der Waals surface area contributed by atoms with E-state index >= 15 is 0 Å². The highest BCUT2D eigenvalue weighted by Gasteiger charge is 2.21. The standard InChI is InChI=1S/C8H10FNO3/c9-5-2-1-3-10-7(5)8(13)6(12)4-11/h1-3,6,8,11-13H,4H2. The second-order valence-corrected chi connectivity index (χ2v) is 2.57. The minimum Gasteiger partial charge on any atom is -0.394 e. The van der Waals surface area contributed by atoms with Gasteiger partial charge < -0.3 is 15.3 Å². The van der Waals surface area contributed by atoms with E-state index in [1.165, 1.54) is 12.3 Å². The van der Waals surface area contributed by atoms with Crippen LogP contribution >= 0.6 is 0 Å².